The minimum Gasteiger partial charge on any atom is -0.480 e. The Kier molecular flexibility index (Phi) is 16.2. The molecule has 2 heterocycles. The van der Waals surface area contributed by atoms with Crippen LogP contribution in [0.1, 0.15) is 81.9 Å². The van der Waals surface area contributed by atoms with Gasteiger partial charge in [0.2, 0.25) is 23.6 Å². The molecule has 0 bridgehead atoms. The SMILES string of the molecule is CC(C)(C)OC(=O)CC(NC(=O)CNC(=O)C(CCCCN=C(N)N)NC(=O)OCC1c2ccccc2-c2ccccc21)C(=O)NC(Cc1c[nH]c2ccccc12)C(=O)N1CCCC1C(=O)O. The summed E-state index contributed by atoms with van der Waals surface area (Å²) < 4.78 is 11.2. The van der Waals surface area contributed by atoms with E-state index in [1.807, 2.05) is 72.8 Å². The third-order valence-corrected chi connectivity index (χ3v) is 11.5. The average Bonchev–Trinajstić information content (AvgIpc) is 4.02. The summed E-state index contributed by atoms with van der Waals surface area (Å²) in [6, 6.07) is 17.9. The molecule has 19 nitrogen and oxygen atoms in total. The van der Waals surface area contributed by atoms with Crippen molar-refractivity contribution in [2.75, 3.05) is 26.2 Å². The zero-order valence-corrected chi connectivity index (χ0v) is 37.8. The first-order valence-electron chi connectivity index (χ1n) is 22.3. The number of hydrogen-bond donors (Lipinski definition) is 8. The van der Waals surface area contributed by atoms with Gasteiger partial charge in [-0.3, -0.25) is 29.0 Å². The second kappa shape index (κ2) is 22.2. The number of amides is 5. The fourth-order valence-electron chi connectivity index (χ4n) is 8.49. The van der Waals surface area contributed by atoms with E-state index in [1.165, 1.54) is 4.90 Å². The van der Waals surface area contributed by atoms with Gasteiger partial charge in [-0.15, -0.1) is 0 Å². The first kappa shape index (κ1) is 49.0. The lowest BCUT2D eigenvalue weighted by Crippen LogP contribution is -2.57. The van der Waals surface area contributed by atoms with Crippen LogP contribution in [-0.2, 0) is 44.7 Å². The molecular weight excluding hydrogens is 863 g/mol. The standard InChI is InChI=1S/C48H59N9O10/c1-48(2,3)67-41(59)24-37(43(61)55-38(44(62)57-22-12-20-39(57)45(63)64)23-28-25-52-35-18-9-8-13-29(28)35)54-40(58)26-53-42(60)36(19-10-11-21-51-46(49)50)56-47(65)66-27-34-32-16-6-4-14-30(32)31-15-5-7-17-33(31)34/h4-9,13-18,25,34,36-39,52H,10-12,19-24,26-27H2,1-3H3,(H,53,60)(H,54,58)(H,55,61)(H,56,65)(H,63,64)(H4,49,50,51). The summed E-state index contributed by atoms with van der Waals surface area (Å²) in [4.78, 5) is 103. The van der Waals surface area contributed by atoms with E-state index in [2.05, 4.69) is 31.2 Å². The molecule has 1 aromatic heterocycles. The second-order valence-electron chi connectivity index (χ2n) is 17.6. The van der Waals surface area contributed by atoms with Crippen LogP contribution < -0.4 is 32.7 Å². The van der Waals surface area contributed by atoms with E-state index in [-0.39, 0.29) is 50.8 Å². The number of rotatable bonds is 20. The monoisotopic (exact) mass is 921 g/mol. The molecule has 0 radical (unpaired) electrons. The largest absolute Gasteiger partial charge is 0.480 e. The van der Waals surface area contributed by atoms with Crippen molar-refractivity contribution in [2.45, 2.75) is 101 Å². The highest BCUT2D eigenvalue weighted by Crippen LogP contribution is 2.44. The normalized spacial score (nSPS) is 15.6. The lowest BCUT2D eigenvalue weighted by atomic mass is 9.98. The number of aliphatic imine (C=N–C) groups is 1. The van der Waals surface area contributed by atoms with Crippen molar-refractivity contribution in [1.29, 1.82) is 0 Å². The first-order valence-corrected chi connectivity index (χ1v) is 22.3. The van der Waals surface area contributed by atoms with Gasteiger partial charge in [0.25, 0.3) is 0 Å². The van der Waals surface area contributed by atoms with Crippen LogP contribution in [0.5, 0.6) is 0 Å². The Bertz CT molecular complexity index is 2450. The molecule has 4 atom stereocenters. The van der Waals surface area contributed by atoms with Gasteiger partial charge in [0.15, 0.2) is 5.96 Å². The fourth-order valence-corrected chi connectivity index (χ4v) is 8.49. The maximum Gasteiger partial charge on any atom is 0.407 e. The molecule has 1 saturated heterocycles. The number of hydrogen-bond acceptors (Lipinski definition) is 10. The van der Waals surface area contributed by atoms with Crippen LogP contribution in [0.4, 0.5) is 4.79 Å². The number of para-hydroxylation sites is 1. The number of ether oxygens (including phenoxy) is 2. The molecule has 0 spiro atoms. The highest BCUT2D eigenvalue weighted by atomic mass is 16.6. The van der Waals surface area contributed by atoms with Crippen LogP contribution in [0.3, 0.4) is 0 Å². The number of carbonyl (C=O) groups excluding carboxylic acids is 6. The van der Waals surface area contributed by atoms with Gasteiger partial charge in [-0.2, -0.15) is 0 Å². The van der Waals surface area contributed by atoms with Crippen LogP contribution in [0.2, 0.25) is 0 Å². The Morgan fingerprint density at radius 1 is 0.851 bits per heavy atom. The predicted octanol–water partition coefficient (Wildman–Crippen LogP) is 2.95. The molecule has 2 aliphatic rings. The van der Waals surface area contributed by atoms with Gasteiger partial charge in [-0.05, 0) is 86.8 Å². The zero-order valence-electron chi connectivity index (χ0n) is 37.8. The van der Waals surface area contributed by atoms with Crippen molar-refractivity contribution >= 4 is 58.5 Å². The fraction of sp³-hybridized carbons (Fsp3) is 0.417. The Morgan fingerprint density at radius 3 is 2.19 bits per heavy atom. The van der Waals surface area contributed by atoms with Crippen LogP contribution in [0.25, 0.3) is 22.0 Å². The van der Waals surface area contributed by atoms with Gasteiger partial charge in [-0.25, -0.2) is 9.59 Å². The van der Waals surface area contributed by atoms with Crippen molar-refractivity contribution in [3.05, 3.63) is 95.7 Å². The number of benzene rings is 3. The summed E-state index contributed by atoms with van der Waals surface area (Å²) in [5, 5.41) is 21.0. The van der Waals surface area contributed by atoms with Crippen LogP contribution in [-0.4, -0.2) is 119 Å². The third kappa shape index (κ3) is 13.1. The molecule has 10 N–H and O–H groups in total. The maximum absolute atomic E-state index is 14.2. The van der Waals surface area contributed by atoms with Crippen LogP contribution >= 0.6 is 0 Å². The van der Waals surface area contributed by atoms with Gasteiger partial charge in [0.1, 0.15) is 36.4 Å². The van der Waals surface area contributed by atoms with Gasteiger partial charge in [-0.1, -0.05) is 66.7 Å². The number of H-pyrrole nitrogens is 1. The van der Waals surface area contributed by atoms with E-state index in [0.29, 0.717) is 24.8 Å². The number of aromatic amines is 1. The number of unbranched alkanes of at least 4 members (excludes halogenated alkanes) is 1. The average molecular weight is 922 g/mol. The Balaban J connectivity index is 1.14. The summed E-state index contributed by atoms with van der Waals surface area (Å²) in [5.41, 5.74) is 15.5. The minimum atomic E-state index is -1.60. The highest BCUT2D eigenvalue weighted by molar-refractivity contribution is 5.97. The summed E-state index contributed by atoms with van der Waals surface area (Å²) in [7, 11) is 0. The molecule has 1 aliphatic carbocycles. The molecule has 1 fully saturated rings. The Labute approximate surface area is 387 Å². The van der Waals surface area contributed by atoms with Crippen LogP contribution in [0.15, 0.2) is 84.0 Å². The van der Waals surface area contributed by atoms with Gasteiger partial charge in [0.05, 0.1) is 13.0 Å². The molecule has 0 saturated carbocycles. The molecule has 19 heteroatoms. The van der Waals surface area contributed by atoms with Gasteiger partial charge < -0.3 is 57.2 Å². The van der Waals surface area contributed by atoms with Crippen molar-refractivity contribution in [3.8, 4) is 11.1 Å². The van der Waals surface area contributed by atoms with E-state index in [4.69, 9.17) is 20.9 Å². The number of nitrogens with zero attached hydrogens (tertiary/aromatic N) is 2. The second-order valence-corrected chi connectivity index (χ2v) is 17.6. The molecule has 5 amide bonds. The molecule has 3 aromatic carbocycles. The van der Waals surface area contributed by atoms with Crippen molar-refractivity contribution in [2.24, 2.45) is 16.5 Å². The number of carboxylic acids is 1. The van der Waals surface area contributed by atoms with E-state index in [0.717, 1.165) is 33.2 Å². The Hall–Kier alpha value is -7.44. The highest BCUT2D eigenvalue weighted by Gasteiger charge is 2.39. The number of aromatic nitrogens is 1. The number of nitrogens with one attached hydrogen (secondary N) is 5. The summed E-state index contributed by atoms with van der Waals surface area (Å²) in [6.07, 6.45) is 1.79. The number of aliphatic carboxylic acids is 1. The number of likely N-dealkylation sites (tertiary alicyclic amines) is 1. The number of guanidine groups is 1. The molecule has 4 aromatic rings. The molecule has 356 valence electrons. The molecule has 67 heavy (non-hydrogen) atoms. The minimum absolute atomic E-state index is 0.00535. The van der Waals surface area contributed by atoms with Crippen molar-refractivity contribution < 1.29 is 48.1 Å². The number of carboxylic acid groups (broad SMARTS) is 1. The molecule has 6 rings (SSSR count). The number of alkyl carbamates (subject to hydrolysis) is 1. The number of nitrogens with two attached hydrogens (primary N) is 2. The maximum atomic E-state index is 14.2. The molecular formula is C48H59N9O10. The van der Waals surface area contributed by atoms with E-state index in [1.54, 1.807) is 27.0 Å². The summed E-state index contributed by atoms with van der Waals surface area (Å²) in [5.74, 6) is -5.53. The summed E-state index contributed by atoms with van der Waals surface area (Å²) in [6.45, 7) is 4.64. The lowest BCUT2D eigenvalue weighted by molar-refractivity contribution is -0.157. The van der Waals surface area contributed by atoms with E-state index >= 15 is 0 Å². The number of esters is 1. The van der Waals surface area contributed by atoms with Crippen molar-refractivity contribution in [3.63, 3.8) is 0 Å². The number of carbonyl (C=O) groups is 7. The topological polar surface area (TPSA) is 290 Å². The molecule has 1 aliphatic heterocycles. The third-order valence-electron chi connectivity index (χ3n) is 11.5. The van der Waals surface area contributed by atoms with Crippen LogP contribution in [0, 0.1) is 0 Å². The number of fused-ring (bicyclic) bond motifs is 4. The predicted molar refractivity (Wildman–Crippen MR) is 248 cm³/mol. The van der Waals surface area contributed by atoms with Gasteiger partial charge >= 0.3 is 18.0 Å². The van der Waals surface area contributed by atoms with Crippen molar-refractivity contribution in [1.82, 2.24) is 31.2 Å². The smallest absolute Gasteiger partial charge is 0.407 e. The Morgan fingerprint density at radius 2 is 1.52 bits per heavy atom. The lowest BCUT2D eigenvalue weighted by Gasteiger charge is -2.29. The molecule has 4 unspecified atom stereocenters. The zero-order chi connectivity index (χ0) is 48.3. The van der Waals surface area contributed by atoms with E-state index in [9.17, 15) is 38.7 Å². The summed E-state index contributed by atoms with van der Waals surface area (Å²) >= 11 is 0. The van der Waals surface area contributed by atoms with Gasteiger partial charge in [0, 0.05) is 42.5 Å². The quantitative estimate of drug-likeness (QED) is 0.0275. The van der Waals surface area contributed by atoms with E-state index < -0.39 is 84.4 Å². The first-order chi connectivity index (χ1) is 32.0.